The maximum Gasteiger partial charge on any atom is 0.137 e. The molecule has 112 valence electrons. The summed E-state index contributed by atoms with van der Waals surface area (Å²) < 4.78 is 14.3. The molecule has 0 saturated carbocycles. The highest BCUT2D eigenvalue weighted by Gasteiger charge is 2.18. The van der Waals surface area contributed by atoms with Crippen LogP contribution >= 0.6 is 15.9 Å². The summed E-state index contributed by atoms with van der Waals surface area (Å²) in [6.45, 7) is 6.59. The van der Waals surface area contributed by atoms with Gasteiger partial charge in [0.05, 0.1) is 10.5 Å². The summed E-state index contributed by atoms with van der Waals surface area (Å²) >= 11 is 3.35. The van der Waals surface area contributed by atoms with E-state index in [1.807, 2.05) is 13.1 Å². The van der Waals surface area contributed by atoms with Crippen LogP contribution in [0.4, 0.5) is 4.39 Å². The van der Waals surface area contributed by atoms with Crippen LogP contribution in [0.5, 0.6) is 0 Å². The Labute approximate surface area is 134 Å². The summed E-state index contributed by atoms with van der Waals surface area (Å²) in [6.07, 6.45) is 0. The molecule has 0 spiro atoms. The number of halogens is 2. The van der Waals surface area contributed by atoms with Crippen molar-refractivity contribution in [3.8, 4) is 0 Å². The minimum absolute atomic E-state index is 0.0379. The molecule has 3 heteroatoms. The van der Waals surface area contributed by atoms with Crippen molar-refractivity contribution in [3.05, 3.63) is 69.4 Å². The van der Waals surface area contributed by atoms with Crippen LogP contribution in [-0.4, -0.2) is 7.05 Å². The summed E-state index contributed by atoms with van der Waals surface area (Å²) in [5.74, 6) is -0.237. The topological polar surface area (TPSA) is 12.0 Å². The molecule has 2 aromatic carbocycles. The zero-order chi connectivity index (χ0) is 15.6. The fourth-order valence-corrected chi connectivity index (χ4v) is 2.91. The molecule has 0 amide bonds. The second-order valence-corrected chi connectivity index (χ2v) is 7.03. The number of hydrogen-bond donors (Lipinski definition) is 1. The minimum Gasteiger partial charge on any atom is -0.309 e. The van der Waals surface area contributed by atoms with Crippen LogP contribution in [0.25, 0.3) is 0 Å². The molecule has 1 atom stereocenters. The largest absolute Gasteiger partial charge is 0.309 e. The lowest BCUT2D eigenvalue weighted by Crippen LogP contribution is -2.19. The second-order valence-electron chi connectivity index (χ2n) is 6.24. The van der Waals surface area contributed by atoms with Gasteiger partial charge in [0, 0.05) is 0 Å². The van der Waals surface area contributed by atoms with Gasteiger partial charge < -0.3 is 5.32 Å². The fourth-order valence-electron chi connectivity index (χ4n) is 2.42. The van der Waals surface area contributed by atoms with E-state index in [0.717, 1.165) is 11.1 Å². The molecular formula is C18H21BrFN. The van der Waals surface area contributed by atoms with E-state index >= 15 is 0 Å². The van der Waals surface area contributed by atoms with Crippen LogP contribution < -0.4 is 5.32 Å². The van der Waals surface area contributed by atoms with Gasteiger partial charge in [0.2, 0.25) is 0 Å². The van der Waals surface area contributed by atoms with E-state index in [4.69, 9.17) is 0 Å². The molecule has 1 nitrogen and oxygen atoms in total. The number of hydrogen-bond acceptors (Lipinski definition) is 1. The summed E-state index contributed by atoms with van der Waals surface area (Å²) in [5, 5.41) is 3.26. The normalized spacial score (nSPS) is 13.2. The molecule has 1 unspecified atom stereocenters. The molecule has 0 aliphatic rings. The monoisotopic (exact) mass is 349 g/mol. The first-order valence-corrected chi connectivity index (χ1v) is 7.85. The van der Waals surface area contributed by atoms with Gasteiger partial charge in [-0.05, 0) is 51.1 Å². The lowest BCUT2D eigenvalue weighted by Gasteiger charge is -2.22. The molecule has 0 aliphatic carbocycles. The lowest BCUT2D eigenvalue weighted by molar-refractivity contribution is 0.588. The van der Waals surface area contributed by atoms with E-state index in [1.54, 1.807) is 6.07 Å². The molecule has 1 N–H and O–H groups in total. The van der Waals surface area contributed by atoms with Crippen molar-refractivity contribution in [3.63, 3.8) is 0 Å². The van der Waals surface area contributed by atoms with Crippen molar-refractivity contribution in [2.24, 2.45) is 0 Å². The van der Waals surface area contributed by atoms with Gasteiger partial charge in [0.25, 0.3) is 0 Å². The average Bonchev–Trinajstić information content (AvgIpc) is 2.44. The Morgan fingerprint density at radius 2 is 1.67 bits per heavy atom. The van der Waals surface area contributed by atoms with Crippen LogP contribution in [0.1, 0.15) is 43.5 Å². The SMILES string of the molecule is CNC(c1ccc(C(C)(C)C)cc1)c1cccc(F)c1Br. The Bertz CT molecular complexity index is 614. The molecule has 0 saturated heterocycles. The van der Waals surface area contributed by atoms with E-state index in [-0.39, 0.29) is 17.3 Å². The summed E-state index contributed by atoms with van der Waals surface area (Å²) in [6, 6.07) is 13.6. The first-order chi connectivity index (χ1) is 9.84. The first kappa shape index (κ1) is 16.2. The Hall–Kier alpha value is -1.19. The number of nitrogens with one attached hydrogen (secondary N) is 1. The molecule has 2 aromatic rings. The van der Waals surface area contributed by atoms with Crippen molar-refractivity contribution < 1.29 is 4.39 Å². The van der Waals surface area contributed by atoms with Gasteiger partial charge in [-0.25, -0.2) is 4.39 Å². The molecule has 0 heterocycles. The average molecular weight is 350 g/mol. The molecule has 0 radical (unpaired) electrons. The number of rotatable bonds is 3. The predicted octanol–water partition coefficient (Wildman–Crippen LogP) is 5.19. The van der Waals surface area contributed by atoms with Crippen LogP contribution in [0.3, 0.4) is 0 Å². The minimum atomic E-state index is -0.237. The highest BCUT2D eigenvalue weighted by atomic mass is 79.9. The molecule has 0 fully saturated rings. The van der Waals surface area contributed by atoms with E-state index in [0.29, 0.717) is 4.47 Å². The maximum atomic E-state index is 13.7. The van der Waals surface area contributed by atoms with Crippen LogP contribution in [0.15, 0.2) is 46.9 Å². The molecule has 2 rings (SSSR count). The lowest BCUT2D eigenvalue weighted by atomic mass is 9.86. The van der Waals surface area contributed by atoms with E-state index in [9.17, 15) is 4.39 Å². The van der Waals surface area contributed by atoms with Gasteiger partial charge >= 0.3 is 0 Å². The molecule has 21 heavy (non-hydrogen) atoms. The summed E-state index contributed by atoms with van der Waals surface area (Å²) in [7, 11) is 1.89. The second kappa shape index (κ2) is 6.29. The van der Waals surface area contributed by atoms with Gasteiger partial charge in [0.15, 0.2) is 0 Å². The zero-order valence-electron chi connectivity index (χ0n) is 12.9. The van der Waals surface area contributed by atoms with Crippen LogP contribution in [-0.2, 0) is 5.41 Å². The van der Waals surface area contributed by atoms with E-state index in [2.05, 4.69) is 66.3 Å². The Morgan fingerprint density at radius 1 is 1.05 bits per heavy atom. The van der Waals surface area contributed by atoms with Crippen molar-refractivity contribution in [2.45, 2.75) is 32.2 Å². The summed E-state index contributed by atoms with van der Waals surface area (Å²) in [4.78, 5) is 0. The quantitative estimate of drug-likeness (QED) is 0.803. The van der Waals surface area contributed by atoms with Gasteiger partial charge in [-0.2, -0.15) is 0 Å². The molecular weight excluding hydrogens is 329 g/mol. The molecule has 0 aliphatic heterocycles. The summed E-state index contributed by atoms with van der Waals surface area (Å²) in [5.41, 5.74) is 3.45. The Kier molecular flexibility index (Phi) is 4.84. The number of benzene rings is 2. The van der Waals surface area contributed by atoms with Crippen molar-refractivity contribution >= 4 is 15.9 Å². The third kappa shape index (κ3) is 3.53. The highest BCUT2D eigenvalue weighted by molar-refractivity contribution is 9.10. The third-order valence-electron chi connectivity index (χ3n) is 3.69. The van der Waals surface area contributed by atoms with E-state index < -0.39 is 0 Å². The van der Waals surface area contributed by atoms with Crippen molar-refractivity contribution in [1.29, 1.82) is 0 Å². The smallest absolute Gasteiger partial charge is 0.137 e. The van der Waals surface area contributed by atoms with Gasteiger partial charge in [-0.3, -0.25) is 0 Å². The Morgan fingerprint density at radius 3 is 2.19 bits per heavy atom. The maximum absolute atomic E-state index is 13.7. The van der Waals surface area contributed by atoms with Crippen molar-refractivity contribution in [1.82, 2.24) is 5.32 Å². The van der Waals surface area contributed by atoms with Crippen LogP contribution in [0, 0.1) is 5.82 Å². The van der Waals surface area contributed by atoms with Gasteiger partial charge in [-0.1, -0.05) is 57.2 Å². The fraction of sp³-hybridized carbons (Fsp3) is 0.333. The first-order valence-electron chi connectivity index (χ1n) is 7.06. The Balaban J connectivity index is 2.40. The zero-order valence-corrected chi connectivity index (χ0v) is 14.5. The highest BCUT2D eigenvalue weighted by Crippen LogP contribution is 2.31. The van der Waals surface area contributed by atoms with E-state index in [1.165, 1.54) is 11.6 Å². The standard InChI is InChI=1S/C18H21BrFN/c1-18(2,3)13-10-8-12(9-11-13)17(21-4)14-6-5-7-15(20)16(14)19/h5-11,17,21H,1-4H3. The predicted molar refractivity (Wildman–Crippen MR) is 90.1 cm³/mol. The third-order valence-corrected chi connectivity index (χ3v) is 4.53. The van der Waals surface area contributed by atoms with Crippen LogP contribution in [0.2, 0.25) is 0 Å². The van der Waals surface area contributed by atoms with Gasteiger partial charge in [-0.15, -0.1) is 0 Å². The van der Waals surface area contributed by atoms with Crippen molar-refractivity contribution in [2.75, 3.05) is 7.05 Å². The molecule has 0 bridgehead atoms. The van der Waals surface area contributed by atoms with Gasteiger partial charge in [0.1, 0.15) is 5.82 Å². The molecule has 0 aromatic heterocycles.